The maximum atomic E-state index is 12.8. The normalized spacial score (nSPS) is 8.41. The monoisotopic (exact) mass is 1530 g/mol. The first kappa shape index (κ1) is 178. The summed E-state index contributed by atoms with van der Waals surface area (Å²) < 4.78 is 0. The van der Waals surface area contributed by atoms with E-state index in [9.17, 15) is 14.4 Å². The molecule has 0 radical (unpaired) electrons. The summed E-state index contributed by atoms with van der Waals surface area (Å²) in [5.74, 6) is 3.00. The summed E-state index contributed by atoms with van der Waals surface area (Å²) in [6.07, 6.45) is 10.9. The number of likely N-dealkylation sites (N-methyl/N-ethyl adjacent to an activating group) is 1. The van der Waals surface area contributed by atoms with E-state index >= 15 is 0 Å². The molecule has 26 N–H and O–H groups in total. The molecule has 1 aliphatic rings. The van der Waals surface area contributed by atoms with E-state index in [0.29, 0.717) is 6.42 Å². The number of nitrogens with zero attached hydrogens (tertiary/aromatic N) is 2. The zero-order valence-electron chi connectivity index (χ0n) is 73.7. The van der Waals surface area contributed by atoms with Gasteiger partial charge in [0, 0.05) is 39.6 Å². The van der Waals surface area contributed by atoms with Gasteiger partial charge < -0.3 is 127 Å². The van der Waals surface area contributed by atoms with Gasteiger partial charge in [-0.25, -0.2) is 0 Å². The number of aliphatic hydroxyl groups excluding tert-OH is 1. The van der Waals surface area contributed by atoms with E-state index in [1.54, 1.807) is 27.8 Å². The second kappa shape index (κ2) is 212. The van der Waals surface area contributed by atoms with Crippen LogP contribution in [0.4, 0.5) is 0 Å². The van der Waals surface area contributed by atoms with Gasteiger partial charge in [0.1, 0.15) is 80.0 Å². The van der Waals surface area contributed by atoms with E-state index in [1.807, 2.05) is 143 Å². The van der Waals surface area contributed by atoms with E-state index in [2.05, 4.69) is 185 Å². The average Bonchev–Trinajstić information content (AvgIpc) is 0.852. The van der Waals surface area contributed by atoms with Crippen molar-refractivity contribution in [1.29, 1.82) is 0 Å². The number of aliphatic hydroxyl groups is 1. The molecule has 3 amide bonds. The first-order valence-electron chi connectivity index (χ1n) is 34.0. The van der Waals surface area contributed by atoms with Crippen LogP contribution in [0.2, 0.25) is 0 Å². The molecule has 1 saturated heterocycles. The highest BCUT2D eigenvalue weighted by atomic mass is 16.3. The molecule has 4 rings (SSSR count). The zero-order chi connectivity index (χ0) is 87.5. The molecule has 27 nitrogen and oxygen atoms in total. The highest BCUT2D eigenvalue weighted by Crippen LogP contribution is 2.12. The molecule has 3 aromatic rings. The molecule has 106 heavy (non-hydrogen) atoms. The van der Waals surface area contributed by atoms with Crippen molar-refractivity contribution in [3.63, 3.8) is 0 Å². The number of carbonyl (C=O) groups excluding carboxylic acids is 13. The highest BCUT2D eigenvalue weighted by Gasteiger charge is 2.29. The zero-order valence-corrected chi connectivity index (χ0v) is 73.7. The lowest BCUT2D eigenvalue weighted by molar-refractivity contribution is -0.140. The van der Waals surface area contributed by atoms with E-state index < -0.39 is 12.1 Å². The van der Waals surface area contributed by atoms with Crippen molar-refractivity contribution in [2.45, 2.75) is 235 Å². The van der Waals surface area contributed by atoms with Crippen molar-refractivity contribution in [3.8, 4) is 0 Å². The number of hydrogen-bond donors (Lipinski definition) is 12. The van der Waals surface area contributed by atoms with Gasteiger partial charge in [-0.05, 0) is 136 Å². The minimum absolute atomic E-state index is 0. The van der Waals surface area contributed by atoms with Gasteiger partial charge in [0.2, 0.25) is 17.7 Å². The Balaban J connectivity index is -0.0000000287. The molecule has 27 heteroatoms. The number of amides is 3. The highest BCUT2D eigenvalue weighted by molar-refractivity contribution is 5.91. The molecule has 1 heterocycles. The molecule has 0 aromatic heterocycles. The molecular weight excluding hydrogens is 1350 g/mol. The van der Waals surface area contributed by atoms with Crippen LogP contribution in [0.5, 0.6) is 0 Å². The van der Waals surface area contributed by atoms with Crippen molar-refractivity contribution < 1.29 is 67.4 Å². The Morgan fingerprint density at radius 3 is 0.726 bits per heavy atom. The fourth-order valence-corrected chi connectivity index (χ4v) is 4.65. The number of likely N-dealkylation sites (tertiary alicyclic amines) is 1. The van der Waals surface area contributed by atoms with Gasteiger partial charge in [0.25, 0.3) is 0 Å². The van der Waals surface area contributed by atoms with Crippen LogP contribution in [0.25, 0.3) is 0 Å². The van der Waals surface area contributed by atoms with Gasteiger partial charge in [-0.3, -0.25) is 14.4 Å². The minimum atomic E-state index is -0.647. The van der Waals surface area contributed by atoms with Gasteiger partial charge in [-0.2, -0.15) is 0 Å². The van der Waals surface area contributed by atoms with Gasteiger partial charge >= 0.3 is 0 Å². The molecule has 0 unspecified atom stereocenters. The summed E-state index contributed by atoms with van der Waals surface area (Å²) in [7, 11) is 10.6. The third kappa shape index (κ3) is 212. The first-order chi connectivity index (χ1) is 49.1. The van der Waals surface area contributed by atoms with Crippen LogP contribution in [-0.4, -0.2) is 181 Å². The Bertz CT molecular complexity index is 1620. The van der Waals surface area contributed by atoms with Crippen LogP contribution < -0.4 is 64.3 Å². The van der Waals surface area contributed by atoms with Crippen LogP contribution in [-0.2, 0) is 81.6 Å². The molecule has 644 valence electrons. The number of benzene rings is 3. The van der Waals surface area contributed by atoms with E-state index in [-0.39, 0.29) is 48.4 Å². The minimum Gasteiger partial charge on any atom is -0.394 e. The molecule has 1 aliphatic heterocycles. The Hall–Kier alpha value is -7.67. The lowest BCUT2D eigenvalue weighted by atomic mass is 10.0. The van der Waals surface area contributed by atoms with Crippen molar-refractivity contribution in [2.75, 3.05) is 62.4 Å². The van der Waals surface area contributed by atoms with E-state index in [1.165, 1.54) is 90.9 Å². The van der Waals surface area contributed by atoms with Crippen molar-refractivity contribution in [2.24, 2.45) is 58.1 Å². The molecule has 3 aromatic carbocycles. The number of carbonyl (C=O) groups is 13. The van der Waals surface area contributed by atoms with Crippen molar-refractivity contribution in [3.05, 3.63) is 108 Å². The summed E-state index contributed by atoms with van der Waals surface area (Å²) in [5.41, 5.74) is 30.8. The maximum absolute atomic E-state index is 12.8. The topological polar surface area (TPSA) is 557 Å². The molecule has 0 aliphatic carbocycles. The number of piperidine rings is 1. The van der Waals surface area contributed by atoms with Crippen molar-refractivity contribution >= 4 is 85.6 Å². The quantitative estimate of drug-likeness (QED) is 0.0801. The van der Waals surface area contributed by atoms with Crippen LogP contribution in [0.15, 0.2) is 91.0 Å². The largest absolute Gasteiger partial charge is 0.394 e. The predicted molar refractivity (Wildman–Crippen MR) is 465 cm³/mol. The summed E-state index contributed by atoms with van der Waals surface area (Å²) >= 11 is 0. The lowest BCUT2D eigenvalue weighted by Gasteiger charge is -2.31. The molecule has 2 atom stereocenters. The first-order valence-corrected chi connectivity index (χ1v) is 34.0. The number of nitrogens with one attached hydrogen (secondary N) is 1. The summed E-state index contributed by atoms with van der Waals surface area (Å²) in [5, 5.41) is 10.9. The SMILES string of the molecule is C=O.C=O.C=O.C=O.C=O.C=O.C=O.C=O.C=O.C=O.CC.CC.CC(=O)N(C)[C@@H](Cc1ccccc1)C(=O)N[C@@H](C)C(=O)N1CCCCC1.CC(C)O.CCC(C)C.CCC(C)C.CCC(C)C.CCC(C)C.CCc1ccccc1.CCc1ccccc1.CN.CN.CN.CN.CN.CN.N.N.N.N. The fraction of sp³-hybridized carbons (Fsp3) is 0.608. The second-order valence-corrected chi connectivity index (χ2v) is 18.9. The summed E-state index contributed by atoms with van der Waals surface area (Å²) in [4.78, 5) is 120. The predicted octanol–water partition coefficient (Wildman–Crippen LogP) is 13.0. The molecule has 1 fully saturated rings. The van der Waals surface area contributed by atoms with Gasteiger partial charge in [0.05, 0.1) is 0 Å². The number of hydrogen-bond acceptors (Lipinski definition) is 24. The van der Waals surface area contributed by atoms with Crippen LogP contribution in [0.1, 0.15) is 214 Å². The third-order valence-electron chi connectivity index (χ3n) is 10.7. The standard InChI is InChI=1S/C20H29N3O3.2C8H10.4C5H12.C3H8O.2C2H6.6CH5N.10CH2O.4H3N/c1-15(20(26)23-12-8-5-9-13-23)21-19(25)18(22(3)16(2)24)14-17-10-6-4-7-11-17;2*1-2-8-6-4-3-5-7-8;4*1-4-5(2)3;1-3(2)4;18*1-2;;;;/h4,6-7,10-11,15,18H,5,8-9,12-14H2,1-3H3,(H,21,25);2*3-7H,2H2,1H3;4*5H,4H2,1-3H3;3-4H,1-2H3;2*1-2H3;6*2H2,1H3;10*1H2;4*1H3/t15-,18-;;;;;;;;;;;;;;;;;;;;;;;;;;;;;/m0............................./s1. The van der Waals surface area contributed by atoms with Crippen LogP contribution in [0, 0.1) is 23.7 Å². The summed E-state index contributed by atoms with van der Waals surface area (Å²) in [6, 6.07) is 29.2. The van der Waals surface area contributed by atoms with Gasteiger partial charge in [-0.15, -0.1) is 0 Å². The second-order valence-electron chi connectivity index (χ2n) is 18.9. The van der Waals surface area contributed by atoms with Gasteiger partial charge in [0.15, 0.2) is 0 Å². The lowest BCUT2D eigenvalue weighted by Crippen LogP contribution is -2.54. The summed E-state index contributed by atoms with van der Waals surface area (Å²) in [6.45, 7) is 67.0. The van der Waals surface area contributed by atoms with E-state index in [0.717, 1.165) is 74.4 Å². The van der Waals surface area contributed by atoms with Crippen LogP contribution in [0.3, 0.4) is 0 Å². The Labute approximate surface area is 652 Å². The molecule has 0 spiro atoms. The number of nitrogens with two attached hydrogens (primary N) is 6. The van der Waals surface area contributed by atoms with E-state index in [4.69, 9.17) is 53.1 Å². The third-order valence-corrected chi connectivity index (χ3v) is 10.7. The molecule has 0 bridgehead atoms. The van der Waals surface area contributed by atoms with Crippen LogP contribution >= 0.6 is 0 Å². The Kier molecular flexibility index (Phi) is 355. The maximum Gasteiger partial charge on any atom is 0.244 e. The van der Waals surface area contributed by atoms with Gasteiger partial charge in [-0.1, -0.05) is 241 Å². The molecular formula is C79H179N13O14. The number of rotatable bonds is 12. The van der Waals surface area contributed by atoms with Crippen molar-refractivity contribution in [1.82, 2.24) is 39.7 Å². The smallest absolute Gasteiger partial charge is 0.244 e. The Morgan fingerprint density at radius 1 is 0.396 bits per heavy atom. The Morgan fingerprint density at radius 2 is 0.575 bits per heavy atom. The average molecular weight is 1540 g/mol. The molecule has 0 saturated carbocycles. The number of aryl methyl sites for hydroxylation is 2. The fourth-order valence-electron chi connectivity index (χ4n) is 4.65.